The summed E-state index contributed by atoms with van der Waals surface area (Å²) in [6.45, 7) is 7.33. The summed E-state index contributed by atoms with van der Waals surface area (Å²) in [6, 6.07) is 17.6. The number of rotatable bonds is 15. The van der Waals surface area contributed by atoms with Crippen LogP contribution in [-0.2, 0) is 26.2 Å². The third-order valence-electron chi connectivity index (χ3n) is 7.02. The summed E-state index contributed by atoms with van der Waals surface area (Å²) >= 11 is 1.48. The predicted molar refractivity (Wildman–Crippen MR) is 169 cm³/mol. The van der Waals surface area contributed by atoms with Gasteiger partial charge >= 0.3 is 0 Å². The fourth-order valence-corrected chi connectivity index (χ4v) is 6.25. The zero-order chi connectivity index (χ0) is 31.6. The number of sulfonamides is 1. The van der Waals surface area contributed by atoms with E-state index in [1.54, 1.807) is 55.5 Å². The van der Waals surface area contributed by atoms with E-state index in [4.69, 9.17) is 4.74 Å². The van der Waals surface area contributed by atoms with Crippen molar-refractivity contribution in [1.82, 2.24) is 10.2 Å². The lowest BCUT2D eigenvalue weighted by atomic mass is 10.1. The molecule has 3 aromatic rings. The molecule has 3 rings (SSSR count). The van der Waals surface area contributed by atoms with Gasteiger partial charge in [-0.3, -0.25) is 13.9 Å². The number of nitrogens with one attached hydrogen (secondary N) is 1. The van der Waals surface area contributed by atoms with Crippen LogP contribution >= 0.6 is 11.8 Å². The lowest BCUT2D eigenvalue weighted by molar-refractivity contribution is -0.140. The highest BCUT2D eigenvalue weighted by molar-refractivity contribution is 7.98. The molecule has 0 unspecified atom stereocenters. The Kier molecular flexibility index (Phi) is 12.4. The average Bonchev–Trinajstić information content (AvgIpc) is 3.01. The maximum absolute atomic E-state index is 14.1. The predicted octanol–water partition coefficient (Wildman–Crippen LogP) is 5.86. The van der Waals surface area contributed by atoms with E-state index < -0.39 is 34.3 Å². The van der Waals surface area contributed by atoms with Crippen LogP contribution in [-0.4, -0.2) is 56.6 Å². The van der Waals surface area contributed by atoms with Crippen LogP contribution in [0.2, 0.25) is 0 Å². The third-order valence-corrected chi connectivity index (χ3v) is 9.55. The molecule has 232 valence electrons. The number of thioether (sulfide) groups is 1. The van der Waals surface area contributed by atoms with Crippen LogP contribution in [0.25, 0.3) is 0 Å². The quantitative estimate of drug-likeness (QED) is 0.212. The van der Waals surface area contributed by atoms with Gasteiger partial charge in [0.2, 0.25) is 11.8 Å². The number of ether oxygens (including phenoxy) is 1. The van der Waals surface area contributed by atoms with Gasteiger partial charge in [-0.1, -0.05) is 26.0 Å². The summed E-state index contributed by atoms with van der Waals surface area (Å²) in [7, 11) is -4.20. The molecule has 43 heavy (non-hydrogen) atoms. The second-order valence-electron chi connectivity index (χ2n) is 10.0. The first-order valence-electron chi connectivity index (χ1n) is 14.3. The van der Waals surface area contributed by atoms with Gasteiger partial charge in [0.25, 0.3) is 10.0 Å². The monoisotopic (exact) mass is 629 g/mol. The van der Waals surface area contributed by atoms with Crippen molar-refractivity contribution in [1.29, 1.82) is 0 Å². The summed E-state index contributed by atoms with van der Waals surface area (Å²) < 4.78 is 48.3. The molecule has 0 saturated heterocycles. The smallest absolute Gasteiger partial charge is 0.264 e. The molecule has 0 heterocycles. The van der Waals surface area contributed by atoms with Crippen molar-refractivity contribution in [2.24, 2.45) is 0 Å². The number of anilines is 1. The first-order chi connectivity index (χ1) is 20.5. The second-order valence-corrected chi connectivity index (χ2v) is 12.7. The number of nitrogens with zero attached hydrogens (tertiary/aromatic N) is 2. The number of benzene rings is 3. The molecule has 0 aromatic heterocycles. The maximum atomic E-state index is 14.1. The summed E-state index contributed by atoms with van der Waals surface area (Å²) in [5, 5.41) is 2.94. The molecule has 3 aromatic carbocycles. The van der Waals surface area contributed by atoms with Crippen LogP contribution in [0, 0.1) is 5.82 Å². The molecule has 2 amide bonds. The zero-order valence-corrected chi connectivity index (χ0v) is 26.9. The van der Waals surface area contributed by atoms with E-state index in [1.165, 1.54) is 40.9 Å². The summed E-state index contributed by atoms with van der Waals surface area (Å²) in [5.74, 6) is -0.780. The van der Waals surface area contributed by atoms with Crippen molar-refractivity contribution in [3.8, 4) is 5.75 Å². The number of hydrogen-bond donors (Lipinski definition) is 1. The van der Waals surface area contributed by atoms with Crippen molar-refractivity contribution in [3.63, 3.8) is 0 Å². The van der Waals surface area contributed by atoms with E-state index in [9.17, 15) is 22.4 Å². The van der Waals surface area contributed by atoms with Gasteiger partial charge in [-0.05, 0) is 99.2 Å². The Labute approximate surface area is 258 Å². The standard InChI is InChI=1S/C32H40FN3O5S2/c1-6-23(4)34-32(38)30(7-2)35(21-24-9-11-25(33)12-10-24)31(37)22-36(26-13-15-27(16-14-26)41-8-3)43(39,40)29-19-17-28(42-5)18-20-29/h9-20,23,30H,6-8,21-22H2,1-5H3,(H,34,38)/t23-,30+/m1/s1. The maximum Gasteiger partial charge on any atom is 0.264 e. The van der Waals surface area contributed by atoms with E-state index >= 15 is 0 Å². The number of halogens is 1. The zero-order valence-electron chi connectivity index (χ0n) is 25.2. The van der Waals surface area contributed by atoms with Gasteiger partial charge < -0.3 is 15.0 Å². The Hall–Kier alpha value is -3.57. The molecule has 0 aliphatic heterocycles. The van der Waals surface area contributed by atoms with Crippen molar-refractivity contribution in [2.45, 2.75) is 69.0 Å². The summed E-state index contributed by atoms with van der Waals surface area (Å²) in [6.07, 6.45) is 2.89. The summed E-state index contributed by atoms with van der Waals surface area (Å²) in [4.78, 5) is 29.8. The lowest BCUT2D eigenvalue weighted by Gasteiger charge is -2.33. The average molecular weight is 630 g/mol. The van der Waals surface area contributed by atoms with Gasteiger partial charge in [0.05, 0.1) is 17.2 Å². The highest BCUT2D eigenvalue weighted by atomic mass is 32.2. The SMILES string of the molecule is CCOc1ccc(N(CC(=O)N(Cc2ccc(F)cc2)[C@@H](CC)C(=O)N[C@H](C)CC)S(=O)(=O)c2ccc(SC)cc2)cc1. The normalized spacial score (nSPS) is 12.7. The first kappa shape index (κ1) is 33.9. The van der Waals surface area contributed by atoms with Crippen LogP contribution in [0.4, 0.5) is 10.1 Å². The van der Waals surface area contributed by atoms with Gasteiger partial charge in [-0.15, -0.1) is 11.8 Å². The third kappa shape index (κ3) is 8.96. The van der Waals surface area contributed by atoms with Gasteiger partial charge in [-0.2, -0.15) is 0 Å². The van der Waals surface area contributed by atoms with Crippen molar-refractivity contribution in [3.05, 3.63) is 84.2 Å². The molecule has 0 aliphatic carbocycles. The van der Waals surface area contributed by atoms with Gasteiger partial charge in [0.15, 0.2) is 0 Å². The minimum absolute atomic E-state index is 0.00880. The van der Waals surface area contributed by atoms with Crippen molar-refractivity contribution in [2.75, 3.05) is 23.7 Å². The van der Waals surface area contributed by atoms with Gasteiger partial charge in [0, 0.05) is 17.5 Å². The Morgan fingerprint density at radius 2 is 1.56 bits per heavy atom. The second kappa shape index (κ2) is 15.8. The molecule has 11 heteroatoms. The molecule has 0 radical (unpaired) electrons. The molecular weight excluding hydrogens is 590 g/mol. The molecule has 0 saturated carbocycles. The number of carbonyl (C=O) groups is 2. The molecule has 1 N–H and O–H groups in total. The lowest BCUT2D eigenvalue weighted by Crippen LogP contribution is -2.53. The number of hydrogen-bond acceptors (Lipinski definition) is 6. The number of amides is 2. The number of carbonyl (C=O) groups excluding carboxylic acids is 2. The van der Waals surface area contributed by atoms with Gasteiger partial charge in [0.1, 0.15) is 24.2 Å². The molecular formula is C32H40FN3O5S2. The van der Waals surface area contributed by atoms with Crippen LogP contribution in [0.15, 0.2) is 82.6 Å². The molecule has 0 fully saturated rings. The Morgan fingerprint density at radius 1 is 0.930 bits per heavy atom. The fraction of sp³-hybridized carbons (Fsp3) is 0.375. The molecule has 2 atom stereocenters. The van der Waals surface area contributed by atoms with Crippen molar-refractivity contribution >= 4 is 39.3 Å². The van der Waals surface area contributed by atoms with E-state index in [2.05, 4.69) is 5.32 Å². The van der Waals surface area contributed by atoms with E-state index in [1.807, 2.05) is 27.0 Å². The molecule has 8 nitrogen and oxygen atoms in total. The van der Waals surface area contributed by atoms with E-state index in [-0.39, 0.29) is 29.1 Å². The van der Waals surface area contributed by atoms with Crippen LogP contribution in [0.1, 0.15) is 46.1 Å². The molecule has 0 aliphatic rings. The topological polar surface area (TPSA) is 96.0 Å². The largest absolute Gasteiger partial charge is 0.494 e. The highest BCUT2D eigenvalue weighted by Crippen LogP contribution is 2.28. The Morgan fingerprint density at radius 3 is 2.09 bits per heavy atom. The minimum atomic E-state index is -4.20. The van der Waals surface area contributed by atoms with E-state index in [0.717, 1.165) is 9.20 Å². The Balaban J connectivity index is 2.06. The minimum Gasteiger partial charge on any atom is -0.494 e. The molecule has 0 spiro atoms. The van der Waals surface area contributed by atoms with Crippen LogP contribution in [0.3, 0.4) is 0 Å². The van der Waals surface area contributed by atoms with Crippen LogP contribution < -0.4 is 14.4 Å². The first-order valence-corrected chi connectivity index (χ1v) is 16.9. The van der Waals surface area contributed by atoms with E-state index in [0.29, 0.717) is 30.8 Å². The Bertz CT molecular complexity index is 1450. The fourth-order valence-electron chi connectivity index (χ4n) is 4.43. The molecule has 0 bridgehead atoms. The van der Waals surface area contributed by atoms with Gasteiger partial charge in [-0.25, -0.2) is 12.8 Å². The van der Waals surface area contributed by atoms with Crippen molar-refractivity contribution < 1.29 is 27.1 Å². The summed E-state index contributed by atoms with van der Waals surface area (Å²) in [5.41, 5.74) is 0.872. The highest BCUT2D eigenvalue weighted by Gasteiger charge is 2.34. The van der Waals surface area contributed by atoms with Crippen LogP contribution in [0.5, 0.6) is 5.75 Å².